The molecule has 0 heterocycles. The molecule has 0 saturated carbocycles. The van der Waals surface area contributed by atoms with Gasteiger partial charge >= 0.3 is 0 Å². The summed E-state index contributed by atoms with van der Waals surface area (Å²) >= 11 is 0. The van der Waals surface area contributed by atoms with E-state index in [9.17, 15) is 13.5 Å². The molecule has 1 atom stereocenters. The molecule has 0 aliphatic heterocycles. The topological polar surface area (TPSA) is 78.4 Å². The zero-order valence-corrected chi connectivity index (χ0v) is 12.4. The highest BCUT2D eigenvalue weighted by Gasteiger charge is 2.18. The monoisotopic (exact) mass is 286 g/mol. The number of rotatable bonds is 7. The first kappa shape index (κ1) is 15.9. The van der Waals surface area contributed by atoms with Crippen LogP contribution in [-0.4, -0.2) is 33.2 Å². The molecule has 1 unspecified atom stereocenters. The lowest BCUT2D eigenvalue weighted by Gasteiger charge is -2.21. The van der Waals surface area contributed by atoms with Gasteiger partial charge in [0.1, 0.15) is 4.90 Å². The van der Waals surface area contributed by atoms with Gasteiger partial charge in [-0.3, -0.25) is 0 Å². The van der Waals surface area contributed by atoms with Gasteiger partial charge in [0.15, 0.2) is 0 Å². The van der Waals surface area contributed by atoms with Crippen LogP contribution < -0.4 is 10.0 Å². The van der Waals surface area contributed by atoms with Gasteiger partial charge in [0.05, 0.1) is 12.3 Å². The predicted octanol–water partition coefficient (Wildman–Crippen LogP) is 1.41. The van der Waals surface area contributed by atoms with Crippen molar-refractivity contribution in [2.75, 3.05) is 19.0 Å². The summed E-state index contributed by atoms with van der Waals surface area (Å²) in [7, 11) is -2.13. The van der Waals surface area contributed by atoms with Gasteiger partial charge in [0.2, 0.25) is 10.0 Å². The fourth-order valence-electron chi connectivity index (χ4n) is 1.90. The van der Waals surface area contributed by atoms with Gasteiger partial charge in [-0.1, -0.05) is 26.0 Å². The Bertz CT molecular complexity index is 500. The molecule has 0 radical (unpaired) electrons. The van der Waals surface area contributed by atoms with Gasteiger partial charge in [0.25, 0.3) is 0 Å². The van der Waals surface area contributed by atoms with Crippen LogP contribution in [0.3, 0.4) is 0 Å². The summed E-state index contributed by atoms with van der Waals surface area (Å²) in [6.45, 7) is 4.08. The van der Waals surface area contributed by atoms with Crippen LogP contribution in [0.2, 0.25) is 0 Å². The van der Waals surface area contributed by atoms with Crippen molar-refractivity contribution < 1.29 is 13.5 Å². The molecular weight excluding hydrogens is 264 g/mol. The van der Waals surface area contributed by atoms with Crippen LogP contribution >= 0.6 is 0 Å². The first-order valence-electron chi connectivity index (χ1n) is 6.30. The average Bonchev–Trinajstić information content (AvgIpc) is 2.38. The summed E-state index contributed by atoms with van der Waals surface area (Å²) in [4.78, 5) is 0.194. The molecule has 19 heavy (non-hydrogen) atoms. The predicted molar refractivity (Wildman–Crippen MR) is 76.6 cm³/mol. The van der Waals surface area contributed by atoms with E-state index in [1.807, 2.05) is 0 Å². The maximum absolute atomic E-state index is 11.9. The maximum Gasteiger partial charge on any atom is 0.242 e. The normalized spacial score (nSPS) is 13.5. The molecular formula is C13H22N2O3S. The van der Waals surface area contributed by atoms with E-state index in [4.69, 9.17) is 0 Å². The summed E-state index contributed by atoms with van der Waals surface area (Å²) in [5, 5.41) is 12.5. The minimum atomic E-state index is -3.51. The zero-order chi connectivity index (χ0) is 14.5. The third-order valence-corrected chi connectivity index (χ3v) is 4.25. The summed E-state index contributed by atoms with van der Waals surface area (Å²) in [5.74, 6) is 0.415. The molecule has 1 rings (SSSR count). The molecule has 0 saturated heterocycles. The maximum atomic E-state index is 11.9. The number of hydrogen-bond donors (Lipinski definition) is 3. The second-order valence-corrected chi connectivity index (χ2v) is 6.71. The van der Waals surface area contributed by atoms with Crippen LogP contribution in [0.15, 0.2) is 29.2 Å². The highest BCUT2D eigenvalue weighted by atomic mass is 32.2. The van der Waals surface area contributed by atoms with Crippen molar-refractivity contribution in [3.63, 3.8) is 0 Å². The van der Waals surface area contributed by atoms with Gasteiger partial charge in [-0.05, 0) is 31.5 Å². The lowest BCUT2D eigenvalue weighted by Crippen LogP contribution is -2.27. The summed E-state index contributed by atoms with van der Waals surface area (Å²) in [6, 6.07) is 6.52. The van der Waals surface area contributed by atoms with Gasteiger partial charge in [-0.15, -0.1) is 0 Å². The largest absolute Gasteiger partial charge is 0.394 e. The standard InChI is InChI=1S/C13H22N2O3S/c1-10(2)8-11(9-16)15-12-6-4-5-7-13(12)19(17,18)14-3/h4-7,10-11,14-16H,8-9H2,1-3H3. The zero-order valence-electron chi connectivity index (χ0n) is 11.6. The van der Waals surface area contributed by atoms with E-state index in [1.165, 1.54) is 13.1 Å². The summed E-state index contributed by atoms with van der Waals surface area (Å²) < 4.78 is 26.1. The molecule has 1 aromatic carbocycles. The highest BCUT2D eigenvalue weighted by molar-refractivity contribution is 7.89. The number of anilines is 1. The van der Waals surface area contributed by atoms with Crippen molar-refractivity contribution in [1.82, 2.24) is 4.72 Å². The molecule has 0 aliphatic rings. The van der Waals surface area contributed by atoms with E-state index >= 15 is 0 Å². The van der Waals surface area contributed by atoms with Crippen molar-refractivity contribution in [2.45, 2.75) is 31.2 Å². The lowest BCUT2D eigenvalue weighted by atomic mass is 10.0. The second kappa shape index (κ2) is 6.88. The molecule has 0 aromatic heterocycles. The van der Waals surface area contributed by atoms with E-state index < -0.39 is 10.0 Å². The lowest BCUT2D eigenvalue weighted by molar-refractivity contribution is 0.259. The summed E-state index contributed by atoms with van der Waals surface area (Å²) in [5.41, 5.74) is 0.511. The van der Waals surface area contributed by atoms with Crippen molar-refractivity contribution in [2.24, 2.45) is 5.92 Å². The Labute approximate surface area is 115 Å². The number of aliphatic hydroxyl groups excluding tert-OH is 1. The number of sulfonamides is 1. The van der Waals surface area contributed by atoms with Gasteiger partial charge in [-0.25, -0.2) is 13.1 Å². The third-order valence-electron chi connectivity index (χ3n) is 2.78. The van der Waals surface area contributed by atoms with Crippen LogP contribution in [0, 0.1) is 5.92 Å². The van der Waals surface area contributed by atoms with Crippen LogP contribution in [0.5, 0.6) is 0 Å². The van der Waals surface area contributed by atoms with Gasteiger partial charge in [0, 0.05) is 6.04 Å². The number of hydrogen-bond acceptors (Lipinski definition) is 4. The smallest absolute Gasteiger partial charge is 0.242 e. The fraction of sp³-hybridized carbons (Fsp3) is 0.538. The molecule has 1 aromatic rings. The van der Waals surface area contributed by atoms with Gasteiger partial charge < -0.3 is 10.4 Å². The van der Waals surface area contributed by atoms with Crippen LogP contribution in [0.1, 0.15) is 20.3 Å². The number of aliphatic hydroxyl groups is 1. The van der Waals surface area contributed by atoms with Crippen molar-refractivity contribution in [1.29, 1.82) is 0 Å². The number of benzene rings is 1. The second-order valence-electron chi connectivity index (χ2n) is 4.86. The van der Waals surface area contributed by atoms with Crippen molar-refractivity contribution in [3.05, 3.63) is 24.3 Å². The Morgan fingerprint density at radius 3 is 2.42 bits per heavy atom. The quantitative estimate of drug-likeness (QED) is 0.708. The molecule has 108 valence electrons. The van der Waals surface area contributed by atoms with Crippen LogP contribution in [0.25, 0.3) is 0 Å². The van der Waals surface area contributed by atoms with E-state index in [-0.39, 0.29) is 17.5 Å². The minimum Gasteiger partial charge on any atom is -0.394 e. The Morgan fingerprint density at radius 2 is 1.89 bits per heavy atom. The summed E-state index contributed by atoms with van der Waals surface area (Å²) in [6.07, 6.45) is 0.768. The van der Waals surface area contributed by atoms with Gasteiger partial charge in [-0.2, -0.15) is 0 Å². The Kier molecular flexibility index (Phi) is 5.78. The van der Waals surface area contributed by atoms with Crippen molar-refractivity contribution >= 4 is 15.7 Å². The minimum absolute atomic E-state index is 0.0356. The molecule has 0 spiro atoms. The Hall–Kier alpha value is -1.11. The van der Waals surface area contributed by atoms with E-state index in [0.717, 1.165) is 6.42 Å². The van der Waals surface area contributed by atoms with E-state index in [2.05, 4.69) is 23.9 Å². The number of nitrogens with one attached hydrogen (secondary N) is 2. The highest BCUT2D eigenvalue weighted by Crippen LogP contribution is 2.22. The molecule has 0 amide bonds. The molecule has 0 bridgehead atoms. The van der Waals surface area contributed by atoms with Crippen molar-refractivity contribution in [3.8, 4) is 0 Å². The first-order chi connectivity index (χ1) is 8.90. The van der Waals surface area contributed by atoms with E-state index in [1.54, 1.807) is 18.2 Å². The van der Waals surface area contributed by atoms with Crippen LogP contribution in [0.4, 0.5) is 5.69 Å². The first-order valence-corrected chi connectivity index (χ1v) is 7.79. The molecule has 3 N–H and O–H groups in total. The van der Waals surface area contributed by atoms with E-state index in [0.29, 0.717) is 11.6 Å². The molecule has 5 nitrogen and oxygen atoms in total. The number of para-hydroxylation sites is 1. The Balaban J connectivity index is 3.01. The molecule has 0 aliphatic carbocycles. The fourth-order valence-corrected chi connectivity index (χ4v) is 2.79. The Morgan fingerprint density at radius 1 is 1.26 bits per heavy atom. The SMILES string of the molecule is CNS(=O)(=O)c1ccccc1NC(CO)CC(C)C. The molecule has 0 fully saturated rings. The van der Waals surface area contributed by atoms with Crippen LogP contribution in [-0.2, 0) is 10.0 Å². The third kappa shape index (κ3) is 4.49. The average molecular weight is 286 g/mol. The molecule has 6 heteroatoms.